The second-order valence-corrected chi connectivity index (χ2v) is 3.12. The molecular formula is C10H12FNO3. The summed E-state index contributed by atoms with van der Waals surface area (Å²) in [6, 6.07) is 3.17. The molecule has 0 saturated carbocycles. The second-order valence-electron chi connectivity index (χ2n) is 3.12. The smallest absolute Gasteiger partial charge is 0.320 e. The highest BCUT2D eigenvalue weighted by Crippen LogP contribution is 2.18. The maximum absolute atomic E-state index is 13.0. The third kappa shape index (κ3) is 2.92. The summed E-state index contributed by atoms with van der Waals surface area (Å²) in [5, 5.41) is 8.59. The van der Waals surface area contributed by atoms with E-state index in [9.17, 15) is 9.18 Å². The molecule has 1 unspecified atom stereocenters. The molecule has 0 spiro atoms. The zero-order valence-electron chi connectivity index (χ0n) is 8.24. The van der Waals surface area contributed by atoms with E-state index in [1.165, 1.54) is 25.3 Å². The summed E-state index contributed by atoms with van der Waals surface area (Å²) in [5.74, 6) is -1.48. The molecule has 0 aliphatic carbocycles. The van der Waals surface area contributed by atoms with Crippen LogP contribution in [0.5, 0.6) is 5.75 Å². The Balaban J connectivity index is 2.83. The number of halogens is 1. The van der Waals surface area contributed by atoms with Crippen molar-refractivity contribution in [2.45, 2.75) is 12.5 Å². The van der Waals surface area contributed by atoms with Crippen LogP contribution in [0.2, 0.25) is 0 Å². The zero-order valence-corrected chi connectivity index (χ0v) is 8.24. The van der Waals surface area contributed by atoms with Crippen molar-refractivity contribution in [3.8, 4) is 5.75 Å². The van der Waals surface area contributed by atoms with Gasteiger partial charge in [0.05, 0.1) is 7.11 Å². The third-order valence-electron chi connectivity index (χ3n) is 1.99. The van der Waals surface area contributed by atoms with E-state index in [1.54, 1.807) is 0 Å². The summed E-state index contributed by atoms with van der Waals surface area (Å²) < 4.78 is 17.8. The first kappa shape index (κ1) is 11.5. The molecule has 0 bridgehead atoms. The summed E-state index contributed by atoms with van der Waals surface area (Å²) in [5.41, 5.74) is 5.97. The van der Waals surface area contributed by atoms with E-state index in [-0.39, 0.29) is 12.2 Å². The Morgan fingerprint density at radius 2 is 2.33 bits per heavy atom. The van der Waals surface area contributed by atoms with E-state index in [0.29, 0.717) is 5.56 Å². The highest BCUT2D eigenvalue weighted by molar-refractivity contribution is 5.73. The van der Waals surface area contributed by atoms with E-state index in [2.05, 4.69) is 0 Å². The van der Waals surface area contributed by atoms with Crippen LogP contribution in [0.1, 0.15) is 5.56 Å². The Labute approximate surface area is 86.5 Å². The number of ether oxygens (including phenoxy) is 1. The SMILES string of the molecule is COc1cc(CC(N)C(=O)O)ccc1[18F]. The number of carboxylic acid groups (broad SMARTS) is 1. The van der Waals surface area contributed by atoms with Gasteiger partial charge in [-0.3, -0.25) is 4.79 Å². The standard InChI is InChI=1S/C10H12FNO3/c1-15-9-5-6(2-3-7(9)11)4-8(12)10(13)14/h2-3,5,8H,4,12H2,1H3,(H,13,14)/i11-1. The minimum absolute atomic E-state index is 0.0880. The van der Waals surface area contributed by atoms with Gasteiger partial charge in [0.2, 0.25) is 0 Å². The van der Waals surface area contributed by atoms with E-state index in [0.717, 1.165) is 0 Å². The first-order valence-corrected chi connectivity index (χ1v) is 4.35. The summed E-state index contributed by atoms with van der Waals surface area (Å²) in [6.07, 6.45) is 0.145. The van der Waals surface area contributed by atoms with Crippen LogP contribution in [0, 0.1) is 5.82 Å². The van der Waals surface area contributed by atoms with E-state index in [1.807, 2.05) is 0 Å². The highest BCUT2D eigenvalue weighted by atomic mass is 18.2. The molecule has 1 atom stereocenters. The Hall–Kier alpha value is -1.62. The molecule has 82 valence electrons. The van der Waals surface area contributed by atoms with Crippen molar-refractivity contribution in [3.05, 3.63) is 29.6 Å². The Morgan fingerprint density at radius 3 is 2.87 bits per heavy atom. The van der Waals surface area contributed by atoms with Gasteiger partial charge in [0.15, 0.2) is 11.6 Å². The second kappa shape index (κ2) is 4.75. The van der Waals surface area contributed by atoms with Gasteiger partial charge in [-0.25, -0.2) is 4.39 Å². The summed E-state index contributed by atoms with van der Waals surface area (Å²) in [6.45, 7) is 0. The van der Waals surface area contributed by atoms with Crippen molar-refractivity contribution in [3.63, 3.8) is 0 Å². The van der Waals surface area contributed by atoms with Gasteiger partial charge in [0.25, 0.3) is 0 Å². The summed E-state index contributed by atoms with van der Waals surface area (Å²) in [7, 11) is 1.35. The number of hydrogen-bond donors (Lipinski definition) is 2. The maximum Gasteiger partial charge on any atom is 0.320 e. The first-order valence-electron chi connectivity index (χ1n) is 4.35. The minimum Gasteiger partial charge on any atom is -0.494 e. The number of hydrogen-bond acceptors (Lipinski definition) is 3. The van der Waals surface area contributed by atoms with Gasteiger partial charge in [-0.15, -0.1) is 0 Å². The van der Waals surface area contributed by atoms with Gasteiger partial charge >= 0.3 is 5.97 Å². The zero-order chi connectivity index (χ0) is 11.4. The van der Waals surface area contributed by atoms with Gasteiger partial charge in [0, 0.05) is 0 Å². The lowest BCUT2D eigenvalue weighted by Crippen LogP contribution is -2.32. The average molecular weight is 212 g/mol. The molecule has 0 heterocycles. The van der Waals surface area contributed by atoms with Gasteiger partial charge < -0.3 is 15.6 Å². The van der Waals surface area contributed by atoms with Crippen molar-refractivity contribution in [1.82, 2.24) is 0 Å². The molecule has 1 aromatic carbocycles. The van der Waals surface area contributed by atoms with Crippen LogP contribution in [0.4, 0.5) is 4.39 Å². The van der Waals surface area contributed by atoms with Crippen molar-refractivity contribution in [1.29, 1.82) is 0 Å². The molecule has 0 fully saturated rings. The Kier molecular flexibility index (Phi) is 3.62. The van der Waals surface area contributed by atoms with E-state index < -0.39 is 17.8 Å². The number of methoxy groups -OCH3 is 1. The van der Waals surface area contributed by atoms with E-state index in [4.69, 9.17) is 15.6 Å². The monoisotopic (exact) mass is 212 g/mol. The molecule has 4 nitrogen and oxygen atoms in total. The number of nitrogens with two attached hydrogens (primary N) is 1. The Bertz CT molecular complexity index is 368. The lowest BCUT2D eigenvalue weighted by molar-refractivity contribution is -0.138. The average Bonchev–Trinajstić information content (AvgIpc) is 2.20. The fraction of sp³-hybridized carbons (Fsp3) is 0.300. The van der Waals surface area contributed by atoms with Gasteiger partial charge in [-0.2, -0.15) is 0 Å². The minimum atomic E-state index is -1.08. The van der Waals surface area contributed by atoms with Gasteiger partial charge in [-0.1, -0.05) is 6.07 Å². The fourth-order valence-corrected chi connectivity index (χ4v) is 1.17. The number of carbonyl (C=O) groups is 1. The molecule has 0 amide bonds. The van der Waals surface area contributed by atoms with Gasteiger partial charge in [-0.05, 0) is 24.1 Å². The maximum atomic E-state index is 13.0. The molecule has 0 aromatic heterocycles. The van der Waals surface area contributed by atoms with Crippen LogP contribution in [0.15, 0.2) is 18.2 Å². The molecule has 0 radical (unpaired) electrons. The van der Waals surface area contributed by atoms with E-state index >= 15 is 0 Å². The normalized spacial score (nSPS) is 12.2. The van der Waals surface area contributed by atoms with Crippen molar-refractivity contribution < 1.29 is 19.0 Å². The van der Waals surface area contributed by atoms with Crippen LogP contribution in [0.3, 0.4) is 0 Å². The molecule has 0 saturated heterocycles. The lowest BCUT2D eigenvalue weighted by atomic mass is 10.1. The quantitative estimate of drug-likeness (QED) is 0.773. The third-order valence-corrected chi connectivity index (χ3v) is 1.99. The molecule has 1 rings (SSSR count). The summed E-state index contributed by atoms with van der Waals surface area (Å²) in [4.78, 5) is 10.5. The Morgan fingerprint density at radius 1 is 1.67 bits per heavy atom. The molecule has 0 aliphatic heterocycles. The lowest BCUT2D eigenvalue weighted by Gasteiger charge is -2.08. The molecule has 3 N–H and O–H groups in total. The van der Waals surface area contributed by atoms with Crippen LogP contribution < -0.4 is 10.5 Å². The van der Waals surface area contributed by atoms with Crippen LogP contribution in [-0.4, -0.2) is 24.2 Å². The molecular weight excluding hydrogens is 200 g/mol. The van der Waals surface area contributed by atoms with Crippen LogP contribution in [0.25, 0.3) is 0 Å². The predicted octanol–water partition coefficient (Wildman–Crippen LogP) is 0.789. The highest BCUT2D eigenvalue weighted by Gasteiger charge is 2.13. The van der Waals surface area contributed by atoms with Crippen LogP contribution >= 0.6 is 0 Å². The fourth-order valence-electron chi connectivity index (χ4n) is 1.17. The number of carboxylic acids is 1. The number of aliphatic carboxylic acids is 1. The van der Waals surface area contributed by atoms with Crippen molar-refractivity contribution in [2.75, 3.05) is 7.11 Å². The van der Waals surface area contributed by atoms with Crippen molar-refractivity contribution in [2.24, 2.45) is 5.73 Å². The molecule has 5 heteroatoms. The number of benzene rings is 1. The topological polar surface area (TPSA) is 72.5 Å². The van der Waals surface area contributed by atoms with Crippen LogP contribution in [-0.2, 0) is 11.2 Å². The summed E-state index contributed by atoms with van der Waals surface area (Å²) >= 11 is 0. The van der Waals surface area contributed by atoms with Crippen molar-refractivity contribution >= 4 is 5.97 Å². The van der Waals surface area contributed by atoms with Gasteiger partial charge in [0.1, 0.15) is 6.04 Å². The molecule has 15 heavy (non-hydrogen) atoms. The molecule has 0 aliphatic rings. The predicted molar refractivity (Wildman–Crippen MR) is 52.3 cm³/mol. The first-order chi connectivity index (χ1) is 7.04. The molecule has 1 aromatic rings. The largest absolute Gasteiger partial charge is 0.494 e. The number of rotatable bonds is 4.